The van der Waals surface area contributed by atoms with E-state index in [0.717, 1.165) is 39.1 Å². The maximum atomic E-state index is 11.9. The van der Waals surface area contributed by atoms with Gasteiger partial charge >= 0.3 is 0 Å². The minimum absolute atomic E-state index is 0.199. The van der Waals surface area contributed by atoms with Crippen LogP contribution in [-0.2, 0) is 11.3 Å². The van der Waals surface area contributed by atoms with Crippen LogP contribution < -0.4 is 5.73 Å². The van der Waals surface area contributed by atoms with Crippen LogP contribution >= 0.6 is 0 Å². The second-order valence-electron chi connectivity index (χ2n) is 5.53. The number of rotatable bonds is 4. The third-order valence-corrected chi connectivity index (χ3v) is 3.83. The molecule has 20 heavy (non-hydrogen) atoms. The highest BCUT2D eigenvalue weighted by Crippen LogP contribution is 2.10. The number of hydrogen-bond acceptors (Lipinski definition) is 3. The molecule has 0 aromatic heterocycles. The van der Waals surface area contributed by atoms with Gasteiger partial charge < -0.3 is 10.6 Å². The van der Waals surface area contributed by atoms with Crippen molar-refractivity contribution in [3.8, 4) is 0 Å². The number of hydrogen-bond donors (Lipinski definition) is 1. The summed E-state index contributed by atoms with van der Waals surface area (Å²) in [6.45, 7) is 7.22. The molecule has 0 aliphatic carbocycles. The summed E-state index contributed by atoms with van der Waals surface area (Å²) in [5, 5.41) is 0. The first kappa shape index (κ1) is 15.0. The molecule has 0 unspecified atom stereocenters. The number of benzene rings is 1. The van der Waals surface area contributed by atoms with Gasteiger partial charge in [0.05, 0.1) is 0 Å². The average Bonchev–Trinajstić information content (AvgIpc) is 2.67. The molecule has 1 aromatic rings. The van der Waals surface area contributed by atoms with Crippen molar-refractivity contribution in [2.24, 2.45) is 5.73 Å². The largest absolute Gasteiger partial charge is 0.341 e. The summed E-state index contributed by atoms with van der Waals surface area (Å²) in [6.07, 6.45) is 1.51. The van der Waals surface area contributed by atoms with Crippen LogP contribution in [0.3, 0.4) is 0 Å². The highest BCUT2D eigenvalue weighted by atomic mass is 16.2. The van der Waals surface area contributed by atoms with E-state index in [1.165, 1.54) is 11.1 Å². The Kier molecular flexibility index (Phi) is 5.56. The number of nitrogens with zero attached hydrogens (tertiary/aromatic N) is 2. The van der Waals surface area contributed by atoms with Crippen LogP contribution in [0, 0.1) is 6.92 Å². The Morgan fingerprint density at radius 1 is 1.15 bits per heavy atom. The molecular formula is C16H25N3O. The van der Waals surface area contributed by atoms with Crippen molar-refractivity contribution >= 4 is 5.91 Å². The summed E-state index contributed by atoms with van der Waals surface area (Å²) in [5.41, 5.74) is 8.10. The van der Waals surface area contributed by atoms with E-state index in [4.69, 9.17) is 5.73 Å². The second-order valence-corrected chi connectivity index (χ2v) is 5.53. The van der Waals surface area contributed by atoms with Gasteiger partial charge in [0.25, 0.3) is 0 Å². The summed E-state index contributed by atoms with van der Waals surface area (Å²) >= 11 is 0. The van der Waals surface area contributed by atoms with Crippen molar-refractivity contribution in [2.75, 3.05) is 32.7 Å². The molecule has 0 atom stereocenters. The molecule has 1 amide bonds. The highest BCUT2D eigenvalue weighted by Gasteiger charge is 2.18. The Balaban J connectivity index is 1.86. The van der Waals surface area contributed by atoms with E-state index in [9.17, 15) is 4.79 Å². The van der Waals surface area contributed by atoms with Gasteiger partial charge in [-0.2, -0.15) is 0 Å². The molecule has 0 saturated carbocycles. The fourth-order valence-electron chi connectivity index (χ4n) is 2.61. The molecular weight excluding hydrogens is 250 g/mol. The lowest BCUT2D eigenvalue weighted by Crippen LogP contribution is -2.35. The Hall–Kier alpha value is -1.39. The third-order valence-electron chi connectivity index (χ3n) is 3.83. The van der Waals surface area contributed by atoms with Gasteiger partial charge in [-0.05, 0) is 18.9 Å². The lowest BCUT2D eigenvalue weighted by molar-refractivity contribution is -0.130. The van der Waals surface area contributed by atoms with E-state index in [1.807, 2.05) is 4.90 Å². The number of aryl methyl sites for hydroxylation is 1. The maximum absolute atomic E-state index is 11.9. The quantitative estimate of drug-likeness (QED) is 0.903. The summed E-state index contributed by atoms with van der Waals surface area (Å²) in [7, 11) is 0. The van der Waals surface area contributed by atoms with Crippen LogP contribution in [0.2, 0.25) is 0 Å². The molecule has 0 radical (unpaired) electrons. The number of nitrogens with two attached hydrogens (primary N) is 1. The van der Waals surface area contributed by atoms with E-state index < -0.39 is 0 Å². The van der Waals surface area contributed by atoms with Gasteiger partial charge in [0.1, 0.15) is 0 Å². The van der Waals surface area contributed by atoms with Gasteiger partial charge in [-0.1, -0.05) is 29.8 Å². The van der Waals surface area contributed by atoms with Gasteiger partial charge in [-0.3, -0.25) is 9.69 Å². The first-order valence-corrected chi connectivity index (χ1v) is 7.45. The molecule has 1 heterocycles. The number of amides is 1. The number of carbonyl (C=O) groups is 1. The second kappa shape index (κ2) is 7.41. The van der Waals surface area contributed by atoms with Gasteiger partial charge in [0.15, 0.2) is 0 Å². The lowest BCUT2D eigenvalue weighted by Gasteiger charge is -2.22. The standard InChI is InChI=1S/C16H25N3O/c1-14-3-5-15(6-4-14)13-18-9-2-10-19(12-11-18)16(20)7-8-17/h3-6H,2,7-13,17H2,1H3. The molecule has 2 N–H and O–H groups in total. The molecule has 1 saturated heterocycles. The van der Waals surface area contributed by atoms with Crippen molar-refractivity contribution in [3.05, 3.63) is 35.4 Å². The monoisotopic (exact) mass is 275 g/mol. The number of carbonyl (C=O) groups excluding carboxylic acids is 1. The topological polar surface area (TPSA) is 49.6 Å². The molecule has 4 nitrogen and oxygen atoms in total. The maximum Gasteiger partial charge on any atom is 0.223 e. The van der Waals surface area contributed by atoms with Crippen LogP contribution in [0.25, 0.3) is 0 Å². The Morgan fingerprint density at radius 2 is 1.90 bits per heavy atom. The molecule has 1 aromatic carbocycles. The van der Waals surface area contributed by atoms with E-state index >= 15 is 0 Å². The highest BCUT2D eigenvalue weighted by molar-refractivity contribution is 5.76. The molecule has 2 rings (SSSR count). The lowest BCUT2D eigenvalue weighted by atomic mass is 10.1. The molecule has 0 spiro atoms. The van der Waals surface area contributed by atoms with Crippen molar-refractivity contribution in [1.29, 1.82) is 0 Å². The molecule has 4 heteroatoms. The zero-order valence-corrected chi connectivity index (χ0v) is 12.3. The Morgan fingerprint density at radius 3 is 2.60 bits per heavy atom. The minimum atomic E-state index is 0.199. The molecule has 0 bridgehead atoms. The summed E-state index contributed by atoms with van der Waals surface area (Å²) in [4.78, 5) is 16.3. The van der Waals surface area contributed by atoms with Gasteiger partial charge in [-0.25, -0.2) is 0 Å². The predicted molar refractivity (Wildman–Crippen MR) is 81.3 cm³/mol. The van der Waals surface area contributed by atoms with Crippen molar-refractivity contribution < 1.29 is 4.79 Å². The van der Waals surface area contributed by atoms with Crippen LogP contribution in [0.1, 0.15) is 24.0 Å². The molecule has 1 fully saturated rings. The summed E-state index contributed by atoms with van der Waals surface area (Å²) in [5.74, 6) is 0.199. The van der Waals surface area contributed by atoms with Crippen molar-refractivity contribution in [2.45, 2.75) is 26.3 Å². The Labute approximate surface area is 121 Å². The fourth-order valence-corrected chi connectivity index (χ4v) is 2.61. The van der Waals surface area contributed by atoms with E-state index in [2.05, 4.69) is 36.1 Å². The van der Waals surface area contributed by atoms with E-state index in [0.29, 0.717) is 13.0 Å². The Bertz CT molecular complexity index is 430. The minimum Gasteiger partial charge on any atom is -0.341 e. The van der Waals surface area contributed by atoms with Crippen molar-refractivity contribution in [1.82, 2.24) is 9.80 Å². The molecule has 1 aliphatic heterocycles. The van der Waals surface area contributed by atoms with Crippen molar-refractivity contribution in [3.63, 3.8) is 0 Å². The van der Waals surface area contributed by atoms with Crippen LogP contribution in [0.4, 0.5) is 0 Å². The first-order valence-electron chi connectivity index (χ1n) is 7.45. The fraction of sp³-hybridized carbons (Fsp3) is 0.562. The van der Waals surface area contributed by atoms with E-state index in [1.54, 1.807) is 0 Å². The van der Waals surface area contributed by atoms with Crippen LogP contribution in [-0.4, -0.2) is 48.4 Å². The molecule has 1 aliphatic rings. The summed E-state index contributed by atoms with van der Waals surface area (Å²) < 4.78 is 0. The predicted octanol–water partition coefficient (Wildman–Crippen LogP) is 1.38. The normalized spacial score (nSPS) is 17.0. The SMILES string of the molecule is Cc1ccc(CN2CCCN(C(=O)CCN)CC2)cc1. The zero-order valence-electron chi connectivity index (χ0n) is 12.3. The third kappa shape index (κ3) is 4.32. The first-order chi connectivity index (χ1) is 9.69. The zero-order chi connectivity index (χ0) is 14.4. The smallest absolute Gasteiger partial charge is 0.223 e. The van der Waals surface area contributed by atoms with Crippen LogP contribution in [0.15, 0.2) is 24.3 Å². The average molecular weight is 275 g/mol. The van der Waals surface area contributed by atoms with Crippen LogP contribution in [0.5, 0.6) is 0 Å². The summed E-state index contributed by atoms with van der Waals surface area (Å²) in [6, 6.07) is 8.70. The van der Waals surface area contributed by atoms with Gasteiger partial charge in [0, 0.05) is 45.7 Å². The molecule has 110 valence electrons. The van der Waals surface area contributed by atoms with Gasteiger partial charge in [0.2, 0.25) is 5.91 Å². The van der Waals surface area contributed by atoms with E-state index in [-0.39, 0.29) is 5.91 Å². The van der Waals surface area contributed by atoms with Gasteiger partial charge in [-0.15, -0.1) is 0 Å².